The van der Waals surface area contributed by atoms with Gasteiger partial charge in [0.2, 0.25) is 0 Å². The molecule has 1 aromatic carbocycles. The lowest BCUT2D eigenvalue weighted by Gasteiger charge is -2.36. The molecule has 2 fully saturated rings. The molecule has 22 heavy (non-hydrogen) atoms. The molecule has 2 aliphatic rings. The standard InChI is InChI=1S/C13H12F3N3O3/c14-6-3-18(4-6)11-8(15)1-7(2-9(11)16)19-5-10(12(17)20)22-13(19)21/h1-2,6,10H,3-5H2,(H2,17,20)/t10-/m1/s1. The van der Waals surface area contributed by atoms with Gasteiger partial charge < -0.3 is 15.4 Å². The number of benzene rings is 1. The van der Waals surface area contributed by atoms with Gasteiger partial charge in [0.05, 0.1) is 25.3 Å². The minimum Gasteiger partial charge on any atom is -0.434 e. The van der Waals surface area contributed by atoms with Crippen molar-refractivity contribution in [3.63, 3.8) is 0 Å². The van der Waals surface area contributed by atoms with E-state index in [9.17, 15) is 22.8 Å². The quantitative estimate of drug-likeness (QED) is 0.900. The fourth-order valence-corrected chi connectivity index (χ4v) is 2.44. The number of hydrogen-bond acceptors (Lipinski definition) is 4. The lowest BCUT2D eigenvalue weighted by molar-refractivity contribution is -0.124. The Morgan fingerprint density at radius 2 is 1.82 bits per heavy atom. The summed E-state index contributed by atoms with van der Waals surface area (Å²) in [4.78, 5) is 24.8. The molecule has 0 bridgehead atoms. The number of hydrogen-bond donors (Lipinski definition) is 1. The van der Waals surface area contributed by atoms with Crippen molar-refractivity contribution in [1.29, 1.82) is 0 Å². The summed E-state index contributed by atoms with van der Waals surface area (Å²) in [5.41, 5.74) is 4.60. The first-order chi connectivity index (χ1) is 10.4. The molecule has 3 rings (SSSR count). The lowest BCUT2D eigenvalue weighted by atomic mass is 10.1. The van der Waals surface area contributed by atoms with E-state index in [1.165, 1.54) is 4.90 Å². The van der Waals surface area contributed by atoms with Crippen LogP contribution in [0.15, 0.2) is 12.1 Å². The van der Waals surface area contributed by atoms with Gasteiger partial charge in [-0.25, -0.2) is 18.0 Å². The number of rotatable bonds is 3. The van der Waals surface area contributed by atoms with Crippen LogP contribution in [-0.2, 0) is 9.53 Å². The van der Waals surface area contributed by atoms with Crippen LogP contribution < -0.4 is 15.5 Å². The van der Waals surface area contributed by atoms with Crippen LogP contribution in [0.2, 0.25) is 0 Å². The van der Waals surface area contributed by atoms with Crippen LogP contribution in [0.4, 0.5) is 29.3 Å². The smallest absolute Gasteiger partial charge is 0.415 e. The summed E-state index contributed by atoms with van der Waals surface area (Å²) in [6.07, 6.45) is -3.19. The summed E-state index contributed by atoms with van der Waals surface area (Å²) in [6, 6.07) is 1.88. The number of amides is 2. The number of primary amides is 1. The normalized spacial score (nSPS) is 21.8. The van der Waals surface area contributed by atoms with Crippen molar-refractivity contribution in [2.45, 2.75) is 12.3 Å². The van der Waals surface area contributed by atoms with Crippen LogP contribution in [-0.4, -0.2) is 43.9 Å². The van der Waals surface area contributed by atoms with E-state index in [0.29, 0.717) is 0 Å². The highest BCUT2D eigenvalue weighted by Gasteiger charge is 2.37. The molecule has 0 unspecified atom stereocenters. The number of anilines is 2. The van der Waals surface area contributed by atoms with Gasteiger partial charge in [-0.1, -0.05) is 0 Å². The second kappa shape index (κ2) is 5.08. The molecule has 1 atom stereocenters. The van der Waals surface area contributed by atoms with Gasteiger partial charge in [-0.2, -0.15) is 0 Å². The van der Waals surface area contributed by atoms with E-state index in [-0.39, 0.29) is 31.0 Å². The Hall–Kier alpha value is -2.45. The molecule has 2 heterocycles. The molecule has 118 valence electrons. The summed E-state index contributed by atoms with van der Waals surface area (Å²) >= 11 is 0. The summed E-state index contributed by atoms with van der Waals surface area (Å²) in [7, 11) is 0. The number of nitrogens with two attached hydrogens (primary N) is 1. The number of carbonyl (C=O) groups excluding carboxylic acids is 2. The zero-order chi connectivity index (χ0) is 16.0. The molecule has 0 aliphatic carbocycles. The van der Waals surface area contributed by atoms with Crippen LogP contribution >= 0.6 is 0 Å². The Morgan fingerprint density at radius 3 is 2.27 bits per heavy atom. The summed E-state index contributed by atoms with van der Waals surface area (Å²) < 4.78 is 45.7. The van der Waals surface area contributed by atoms with Gasteiger partial charge in [-0.05, 0) is 0 Å². The van der Waals surface area contributed by atoms with E-state index in [1.54, 1.807) is 0 Å². The van der Waals surface area contributed by atoms with Crippen molar-refractivity contribution in [3.8, 4) is 0 Å². The van der Waals surface area contributed by atoms with Crippen LogP contribution in [0.5, 0.6) is 0 Å². The predicted octanol–water partition coefficient (Wildman–Crippen LogP) is 0.933. The van der Waals surface area contributed by atoms with E-state index < -0.39 is 35.9 Å². The maximum atomic E-state index is 14.1. The molecule has 0 saturated carbocycles. The summed E-state index contributed by atoms with van der Waals surface area (Å²) in [5.74, 6) is -2.68. The Kier molecular flexibility index (Phi) is 3.34. The fraction of sp³-hybridized carbons (Fsp3) is 0.385. The van der Waals surface area contributed by atoms with Gasteiger partial charge in [0.25, 0.3) is 5.91 Å². The number of ether oxygens (including phenoxy) is 1. The van der Waals surface area contributed by atoms with Crippen molar-refractivity contribution in [2.75, 3.05) is 29.4 Å². The lowest BCUT2D eigenvalue weighted by Crippen LogP contribution is -2.49. The number of alkyl halides is 1. The maximum Gasteiger partial charge on any atom is 0.415 e. The third-order valence-corrected chi connectivity index (χ3v) is 3.60. The highest BCUT2D eigenvalue weighted by atomic mass is 19.1. The van der Waals surface area contributed by atoms with Crippen molar-refractivity contribution in [3.05, 3.63) is 23.8 Å². The molecule has 9 heteroatoms. The van der Waals surface area contributed by atoms with E-state index >= 15 is 0 Å². The Balaban J connectivity index is 1.87. The molecule has 1 aromatic rings. The van der Waals surface area contributed by atoms with Gasteiger partial charge in [0, 0.05) is 12.1 Å². The topological polar surface area (TPSA) is 75.9 Å². The highest BCUT2D eigenvalue weighted by Crippen LogP contribution is 2.33. The van der Waals surface area contributed by atoms with Gasteiger partial charge in [-0.15, -0.1) is 0 Å². The SMILES string of the molecule is NC(=O)[C@H]1CN(c2cc(F)c(N3CC(F)C3)c(F)c2)C(=O)O1. The average molecular weight is 315 g/mol. The maximum absolute atomic E-state index is 14.1. The van der Waals surface area contributed by atoms with Gasteiger partial charge >= 0.3 is 6.09 Å². The van der Waals surface area contributed by atoms with Crippen LogP contribution in [0.3, 0.4) is 0 Å². The zero-order valence-electron chi connectivity index (χ0n) is 11.3. The fourth-order valence-electron chi connectivity index (χ4n) is 2.44. The first kappa shape index (κ1) is 14.5. The van der Waals surface area contributed by atoms with E-state index in [0.717, 1.165) is 17.0 Å². The molecule has 0 aromatic heterocycles. The molecule has 2 N–H and O–H groups in total. The molecule has 2 saturated heterocycles. The Labute approximate surface area is 123 Å². The molecule has 6 nitrogen and oxygen atoms in total. The summed E-state index contributed by atoms with van der Waals surface area (Å²) in [5, 5.41) is 0. The van der Waals surface area contributed by atoms with Crippen molar-refractivity contribution < 1.29 is 27.5 Å². The Morgan fingerprint density at radius 1 is 1.23 bits per heavy atom. The van der Waals surface area contributed by atoms with E-state index in [4.69, 9.17) is 10.5 Å². The third-order valence-electron chi connectivity index (χ3n) is 3.60. The van der Waals surface area contributed by atoms with E-state index in [1.807, 2.05) is 0 Å². The molecule has 2 amide bonds. The van der Waals surface area contributed by atoms with Crippen LogP contribution in [0.25, 0.3) is 0 Å². The largest absolute Gasteiger partial charge is 0.434 e. The number of carbonyl (C=O) groups is 2. The number of cyclic esters (lactones) is 1. The highest BCUT2D eigenvalue weighted by molar-refractivity contribution is 5.95. The van der Waals surface area contributed by atoms with Gasteiger partial charge in [0.1, 0.15) is 11.9 Å². The minimum absolute atomic E-state index is 0.0807. The molecular weight excluding hydrogens is 303 g/mol. The van der Waals surface area contributed by atoms with Gasteiger partial charge in [0.15, 0.2) is 17.7 Å². The van der Waals surface area contributed by atoms with Gasteiger partial charge in [-0.3, -0.25) is 9.69 Å². The molecule has 0 radical (unpaired) electrons. The van der Waals surface area contributed by atoms with E-state index in [2.05, 4.69) is 0 Å². The predicted molar refractivity (Wildman–Crippen MR) is 70.3 cm³/mol. The second-order valence-electron chi connectivity index (χ2n) is 5.15. The first-order valence-electron chi connectivity index (χ1n) is 6.52. The van der Waals surface area contributed by atoms with Crippen LogP contribution in [0.1, 0.15) is 0 Å². The second-order valence-corrected chi connectivity index (χ2v) is 5.15. The minimum atomic E-state index is -1.17. The third kappa shape index (κ3) is 2.32. The molecule has 2 aliphatic heterocycles. The van der Waals surface area contributed by atoms with Crippen molar-refractivity contribution >= 4 is 23.4 Å². The molecular formula is C13H12F3N3O3. The van der Waals surface area contributed by atoms with Crippen molar-refractivity contribution in [1.82, 2.24) is 0 Å². The average Bonchev–Trinajstić information content (AvgIpc) is 2.78. The first-order valence-corrected chi connectivity index (χ1v) is 6.52. The monoisotopic (exact) mass is 315 g/mol. The number of halogens is 3. The number of nitrogens with zero attached hydrogens (tertiary/aromatic N) is 2. The zero-order valence-corrected chi connectivity index (χ0v) is 11.3. The van der Waals surface area contributed by atoms with Crippen LogP contribution in [0, 0.1) is 11.6 Å². The summed E-state index contributed by atoms with van der Waals surface area (Å²) in [6.45, 7) is -0.381. The Bertz CT molecular complexity index is 626. The van der Waals surface area contributed by atoms with Crippen molar-refractivity contribution in [2.24, 2.45) is 5.73 Å². The molecule has 0 spiro atoms.